The van der Waals surface area contributed by atoms with E-state index in [-0.39, 0.29) is 34.4 Å². The molecule has 5 unspecified atom stereocenters. The maximum absolute atomic E-state index is 12.7. The SMILES string of the molecule is CC1CCC2CC(C)CC(C(C)NC(=O)c3ccc(O)cc3O)(CC1)C2. The van der Waals surface area contributed by atoms with Crippen molar-refractivity contribution in [3.63, 3.8) is 0 Å². The lowest BCUT2D eigenvalue weighted by Gasteiger charge is -2.49. The zero-order chi connectivity index (χ0) is 18.9. The standard InChI is InChI=1S/C22H33NO3/c1-14-4-5-17-10-15(2)12-22(13-17,9-8-14)16(3)23-21(26)19-7-6-18(24)11-20(19)25/h6-7,11,14-17,24-25H,4-5,8-10,12-13H2,1-3H3,(H,23,26). The van der Waals surface area contributed by atoms with Gasteiger partial charge >= 0.3 is 0 Å². The lowest BCUT2D eigenvalue weighted by Crippen LogP contribution is -2.50. The maximum atomic E-state index is 12.7. The molecule has 3 N–H and O–H groups in total. The van der Waals surface area contributed by atoms with E-state index in [0.717, 1.165) is 18.3 Å². The van der Waals surface area contributed by atoms with E-state index in [0.29, 0.717) is 5.92 Å². The molecule has 3 rings (SSSR count). The molecule has 1 amide bonds. The molecule has 0 heterocycles. The Hall–Kier alpha value is -1.71. The Labute approximate surface area is 157 Å². The fraction of sp³-hybridized carbons (Fsp3) is 0.682. The van der Waals surface area contributed by atoms with Crippen molar-refractivity contribution < 1.29 is 15.0 Å². The normalized spacial score (nSPS) is 33.0. The van der Waals surface area contributed by atoms with Crippen LogP contribution >= 0.6 is 0 Å². The van der Waals surface area contributed by atoms with Crippen molar-refractivity contribution in [1.29, 1.82) is 0 Å². The smallest absolute Gasteiger partial charge is 0.255 e. The zero-order valence-electron chi connectivity index (χ0n) is 16.3. The summed E-state index contributed by atoms with van der Waals surface area (Å²) < 4.78 is 0. The average molecular weight is 360 g/mol. The van der Waals surface area contributed by atoms with Gasteiger partial charge in [0.15, 0.2) is 0 Å². The van der Waals surface area contributed by atoms with E-state index < -0.39 is 0 Å². The highest BCUT2D eigenvalue weighted by Gasteiger charge is 2.44. The van der Waals surface area contributed by atoms with Crippen LogP contribution in [0.3, 0.4) is 0 Å². The number of carbonyl (C=O) groups excluding carboxylic acids is 1. The lowest BCUT2D eigenvalue weighted by molar-refractivity contribution is 0.0284. The van der Waals surface area contributed by atoms with Crippen LogP contribution in [0.5, 0.6) is 11.5 Å². The molecule has 5 atom stereocenters. The van der Waals surface area contributed by atoms with Gasteiger partial charge in [0.25, 0.3) is 5.91 Å². The minimum Gasteiger partial charge on any atom is -0.508 e. The molecule has 0 aromatic heterocycles. The van der Waals surface area contributed by atoms with Gasteiger partial charge in [-0.05, 0) is 67.9 Å². The summed E-state index contributed by atoms with van der Waals surface area (Å²) in [5.74, 6) is 1.76. The molecule has 2 fully saturated rings. The summed E-state index contributed by atoms with van der Waals surface area (Å²) in [7, 11) is 0. The van der Waals surface area contributed by atoms with E-state index in [1.54, 1.807) is 0 Å². The van der Waals surface area contributed by atoms with Crippen LogP contribution in [0.1, 0.15) is 76.1 Å². The van der Waals surface area contributed by atoms with Crippen LogP contribution in [0.2, 0.25) is 0 Å². The summed E-state index contributed by atoms with van der Waals surface area (Å²) in [6, 6.07) is 4.21. The van der Waals surface area contributed by atoms with Crippen molar-refractivity contribution in [3.05, 3.63) is 23.8 Å². The molecule has 26 heavy (non-hydrogen) atoms. The van der Waals surface area contributed by atoms with Crippen molar-refractivity contribution in [3.8, 4) is 11.5 Å². The number of hydrogen-bond donors (Lipinski definition) is 3. The first-order chi connectivity index (χ1) is 12.3. The fourth-order valence-electron chi connectivity index (χ4n) is 5.42. The Morgan fingerprint density at radius 3 is 2.65 bits per heavy atom. The summed E-state index contributed by atoms with van der Waals surface area (Å²) in [6.45, 7) is 6.85. The van der Waals surface area contributed by atoms with Gasteiger partial charge in [0.2, 0.25) is 0 Å². The predicted molar refractivity (Wildman–Crippen MR) is 103 cm³/mol. The van der Waals surface area contributed by atoms with Gasteiger partial charge < -0.3 is 15.5 Å². The molecule has 2 saturated carbocycles. The molecular weight excluding hydrogens is 326 g/mol. The monoisotopic (exact) mass is 359 g/mol. The van der Waals surface area contributed by atoms with Gasteiger partial charge in [-0.15, -0.1) is 0 Å². The van der Waals surface area contributed by atoms with Crippen LogP contribution < -0.4 is 5.32 Å². The fourth-order valence-corrected chi connectivity index (χ4v) is 5.42. The second kappa shape index (κ2) is 7.50. The van der Waals surface area contributed by atoms with Gasteiger partial charge in [-0.2, -0.15) is 0 Å². The molecular formula is C22H33NO3. The van der Waals surface area contributed by atoms with Gasteiger partial charge in [0.05, 0.1) is 5.56 Å². The number of aromatic hydroxyl groups is 2. The molecule has 4 heteroatoms. The van der Waals surface area contributed by atoms with Crippen LogP contribution in [-0.4, -0.2) is 22.2 Å². The number of amides is 1. The van der Waals surface area contributed by atoms with E-state index in [4.69, 9.17) is 0 Å². The molecule has 1 aromatic carbocycles. The van der Waals surface area contributed by atoms with E-state index in [2.05, 4.69) is 26.1 Å². The quantitative estimate of drug-likeness (QED) is 0.722. The molecule has 2 aliphatic carbocycles. The first kappa shape index (κ1) is 19.1. The number of hydrogen-bond acceptors (Lipinski definition) is 3. The second-order valence-electron chi connectivity index (χ2n) is 9.10. The Morgan fingerprint density at radius 1 is 1.15 bits per heavy atom. The average Bonchev–Trinajstić information content (AvgIpc) is 2.56. The first-order valence-corrected chi connectivity index (χ1v) is 10.1. The van der Waals surface area contributed by atoms with Crippen molar-refractivity contribution >= 4 is 5.91 Å². The van der Waals surface area contributed by atoms with Crippen molar-refractivity contribution in [1.82, 2.24) is 5.32 Å². The summed E-state index contributed by atoms with van der Waals surface area (Å²) in [4.78, 5) is 12.7. The van der Waals surface area contributed by atoms with Crippen LogP contribution in [-0.2, 0) is 0 Å². The third kappa shape index (κ3) is 3.99. The second-order valence-corrected chi connectivity index (χ2v) is 9.10. The predicted octanol–water partition coefficient (Wildman–Crippen LogP) is 4.85. The van der Waals surface area contributed by atoms with Crippen LogP contribution in [0.4, 0.5) is 0 Å². The van der Waals surface area contributed by atoms with E-state index in [1.807, 2.05) is 0 Å². The Morgan fingerprint density at radius 2 is 1.92 bits per heavy atom. The molecule has 144 valence electrons. The summed E-state index contributed by atoms with van der Waals surface area (Å²) in [5, 5.41) is 22.6. The number of nitrogens with one attached hydrogen (secondary N) is 1. The number of rotatable bonds is 3. The number of fused-ring (bicyclic) bond motifs is 2. The third-order valence-electron chi connectivity index (χ3n) is 6.88. The van der Waals surface area contributed by atoms with Crippen LogP contribution in [0.15, 0.2) is 18.2 Å². The van der Waals surface area contributed by atoms with Gasteiger partial charge in [-0.25, -0.2) is 0 Å². The molecule has 0 aliphatic heterocycles. The number of carbonyl (C=O) groups is 1. The first-order valence-electron chi connectivity index (χ1n) is 10.1. The summed E-state index contributed by atoms with van der Waals surface area (Å²) in [6.07, 6.45) is 8.71. The van der Waals surface area contributed by atoms with E-state index in [9.17, 15) is 15.0 Å². The Kier molecular flexibility index (Phi) is 5.50. The van der Waals surface area contributed by atoms with Gasteiger partial charge in [0.1, 0.15) is 11.5 Å². The highest BCUT2D eigenvalue weighted by Crippen LogP contribution is 2.51. The molecule has 2 aliphatic rings. The highest BCUT2D eigenvalue weighted by atomic mass is 16.3. The Balaban J connectivity index is 1.79. The van der Waals surface area contributed by atoms with Crippen molar-refractivity contribution in [2.24, 2.45) is 23.2 Å². The number of phenols is 2. The number of benzene rings is 1. The molecule has 4 nitrogen and oxygen atoms in total. The maximum Gasteiger partial charge on any atom is 0.255 e. The zero-order valence-corrected chi connectivity index (χ0v) is 16.3. The third-order valence-corrected chi connectivity index (χ3v) is 6.88. The molecule has 0 saturated heterocycles. The van der Waals surface area contributed by atoms with Gasteiger partial charge in [-0.3, -0.25) is 4.79 Å². The lowest BCUT2D eigenvalue weighted by atomic mass is 9.58. The largest absolute Gasteiger partial charge is 0.508 e. The van der Waals surface area contributed by atoms with Gasteiger partial charge in [0, 0.05) is 12.1 Å². The van der Waals surface area contributed by atoms with Crippen molar-refractivity contribution in [2.45, 2.75) is 71.8 Å². The Bertz CT molecular complexity index is 659. The van der Waals surface area contributed by atoms with Crippen molar-refractivity contribution in [2.75, 3.05) is 0 Å². The molecule has 0 radical (unpaired) electrons. The van der Waals surface area contributed by atoms with Crippen LogP contribution in [0.25, 0.3) is 0 Å². The van der Waals surface area contributed by atoms with E-state index >= 15 is 0 Å². The summed E-state index contributed by atoms with van der Waals surface area (Å²) >= 11 is 0. The van der Waals surface area contributed by atoms with Crippen LogP contribution in [0, 0.1) is 23.2 Å². The molecule has 2 bridgehead atoms. The topological polar surface area (TPSA) is 69.6 Å². The van der Waals surface area contributed by atoms with Gasteiger partial charge in [-0.1, -0.05) is 33.1 Å². The minimum atomic E-state index is -0.255. The highest BCUT2D eigenvalue weighted by molar-refractivity contribution is 5.97. The summed E-state index contributed by atoms with van der Waals surface area (Å²) in [5.41, 5.74) is 0.379. The van der Waals surface area contributed by atoms with E-state index in [1.165, 1.54) is 56.7 Å². The minimum absolute atomic E-state index is 0.0383. The number of phenolic OH excluding ortho intramolecular Hbond substituents is 2. The molecule has 1 aromatic rings. The molecule has 0 spiro atoms.